The monoisotopic (exact) mass is 311 g/mol. The molecule has 17 heavy (non-hydrogen) atoms. The van der Waals surface area contributed by atoms with Gasteiger partial charge in [0.05, 0.1) is 7.11 Å². The van der Waals surface area contributed by atoms with E-state index < -0.39 is 0 Å². The second-order valence-electron chi connectivity index (χ2n) is 3.16. The standard InChI is InChI=1S/C11H10BrN3OS/c1-16-9-6-10(15-11(13)14-9)17-8-4-2-7(12)3-5-8/h2-6H,1H3,(H2,13,14,15). The van der Waals surface area contributed by atoms with Crippen molar-refractivity contribution in [2.24, 2.45) is 0 Å². The van der Waals surface area contributed by atoms with Gasteiger partial charge in [0.15, 0.2) is 0 Å². The minimum Gasteiger partial charge on any atom is -0.481 e. The van der Waals surface area contributed by atoms with E-state index in [4.69, 9.17) is 10.5 Å². The molecule has 2 N–H and O–H groups in total. The topological polar surface area (TPSA) is 61.0 Å². The number of methoxy groups -OCH3 is 1. The van der Waals surface area contributed by atoms with Crippen LogP contribution in [0, 0.1) is 0 Å². The number of aromatic nitrogens is 2. The van der Waals surface area contributed by atoms with Crippen LogP contribution in [0.1, 0.15) is 0 Å². The Balaban J connectivity index is 2.23. The molecule has 0 aliphatic rings. The molecule has 0 bridgehead atoms. The third kappa shape index (κ3) is 3.34. The Morgan fingerprint density at radius 2 is 1.94 bits per heavy atom. The molecule has 1 aromatic heterocycles. The van der Waals surface area contributed by atoms with Gasteiger partial charge in [0, 0.05) is 15.4 Å². The summed E-state index contributed by atoms with van der Waals surface area (Å²) in [6.07, 6.45) is 0. The fourth-order valence-corrected chi connectivity index (χ4v) is 2.28. The Kier molecular flexibility index (Phi) is 3.86. The predicted octanol–water partition coefficient (Wildman–Crippen LogP) is 2.98. The molecule has 0 spiro atoms. The highest BCUT2D eigenvalue weighted by molar-refractivity contribution is 9.10. The average molecular weight is 312 g/mol. The zero-order valence-electron chi connectivity index (χ0n) is 9.05. The van der Waals surface area contributed by atoms with E-state index in [0.717, 1.165) is 14.4 Å². The first-order chi connectivity index (χ1) is 8.17. The number of hydrogen-bond donors (Lipinski definition) is 1. The van der Waals surface area contributed by atoms with Crippen molar-refractivity contribution in [3.8, 4) is 5.88 Å². The lowest BCUT2D eigenvalue weighted by atomic mass is 10.4. The molecule has 4 nitrogen and oxygen atoms in total. The summed E-state index contributed by atoms with van der Waals surface area (Å²) in [5, 5.41) is 0.761. The van der Waals surface area contributed by atoms with E-state index in [1.165, 1.54) is 11.8 Å². The van der Waals surface area contributed by atoms with E-state index in [0.29, 0.717) is 5.88 Å². The van der Waals surface area contributed by atoms with Crippen LogP contribution < -0.4 is 10.5 Å². The Labute approximate surface area is 112 Å². The second-order valence-corrected chi connectivity index (χ2v) is 5.17. The highest BCUT2D eigenvalue weighted by Crippen LogP contribution is 2.29. The van der Waals surface area contributed by atoms with Crippen molar-refractivity contribution in [1.82, 2.24) is 9.97 Å². The van der Waals surface area contributed by atoms with Crippen LogP contribution in [0.15, 0.2) is 44.7 Å². The highest BCUT2D eigenvalue weighted by Gasteiger charge is 2.04. The number of benzene rings is 1. The summed E-state index contributed by atoms with van der Waals surface area (Å²) in [5.74, 6) is 0.682. The maximum atomic E-state index is 5.59. The van der Waals surface area contributed by atoms with Crippen LogP contribution in [0.2, 0.25) is 0 Å². The molecular formula is C11H10BrN3OS. The molecule has 0 aliphatic heterocycles. The Hall–Kier alpha value is -1.27. The SMILES string of the molecule is COc1cc(Sc2ccc(Br)cc2)nc(N)n1. The van der Waals surface area contributed by atoms with Gasteiger partial charge in [-0.25, -0.2) is 4.98 Å². The van der Waals surface area contributed by atoms with Gasteiger partial charge >= 0.3 is 0 Å². The number of ether oxygens (including phenoxy) is 1. The molecule has 0 amide bonds. The number of nitrogens with two attached hydrogens (primary N) is 1. The minimum absolute atomic E-state index is 0.212. The zero-order valence-corrected chi connectivity index (χ0v) is 11.5. The Bertz CT molecular complexity index is 519. The molecule has 2 aromatic rings. The molecular weight excluding hydrogens is 302 g/mol. The molecule has 0 unspecified atom stereocenters. The lowest BCUT2D eigenvalue weighted by molar-refractivity contribution is 0.396. The maximum Gasteiger partial charge on any atom is 0.224 e. The summed E-state index contributed by atoms with van der Waals surface area (Å²) in [6, 6.07) is 9.70. The van der Waals surface area contributed by atoms with Crippen molar-refractivity contribution in [3.05, 3.63) is 34.8 Å². The van der Waals surface area contributed by atoms with Crippen molar-refractivity contribution in [2.45, 2.75) is 9.92 Å². The van der Waals surface area contributed by atoms with Gasteiger partial charge in [0.25, 0.3) is 0 Å². The van der Waals surface area contributed by atoms with Crippen LogP contribution in [-0.2, 0) is 0 Å². The van der Waals surface area contributed by atoms with E-state index >= 15 is 0 Å². The van der Waals surface area contributed by atoms with Crippen LogP contribution in [0.25, 0.3) is 0 Å². The van der Waals surface area contributed by atoms with Crippen LogP contribution in [-0.4, -0.2) is 17.1 Å². The fraction of sp³-hybridized carbons (Fsp3) is 0.0909. The molecule has 1 aromatic carbocycles. The lowest BCUT2D eigenvalue weighted by Crippen LogP contribution is -1.98. The van der Waals surface area contributed by atoms with Gasteiger partial charge < -0.3 is 10.5 Å². The largest absolute Gasteiger partial charge is 0.481 e. The van der Waals surface area contributed by atoms with Gasteiger partial charge in [-0.1, -0.05) is 27.7 Å². The second kappa shape index (κ2) is 5.37. The molecule has 1 heterocycles. The van der Waals surface area contributed by atoms with Crippen molar-refractivity contribution < 1.29 is 4.74 Å². The van der Waals surface area contributed by atoms with Gasteiger partial charge in [-0.15, -0.1) is 0 Å². The van der Waals surface area contributed by atoms with Gasteiger partial charge in [0.2, 0.25) is 11.8 Å². The number of nitrogens with zero attached hydrogens (tertiary/aromatic N) is 2. The average Bonchev–Trinajstić information content (AvgIpc) is 2.31. The summed E-state index contributed by atoms with van der Waals surface area (Å²) in [5.41, 5.74) is 5.59. The summed E-state index contributed by atoms with van der Waals surface area (Å²) in [7, 11) is 1.55. The number of halogens is 1. The van der Waals surface area contributed by atoms with Crippen molar-refractivity contribution in [3.63, 3.8) is 0 Å². The van der Waals surface area contributed by atoms with Crippen molar-refractivity contribution in [1.29, 1.82) is 0 Å². The molecule has 0 saturated heterocycles. The number of rotatable bonds is 3. The van der Waals surface area contributed by atoms with Crippen LogP contribution in [0.4, 0.5) is 5.95 Å². The van der Waals surface area contributed by atoms with Gasteiger partial charge in [-0.2, -0.15) is 4.98 Å². The smallest absolute Gasteiger partial charge is 0.224 e. The van der Waals surface area contributed by atoms with Gasteiger partial charge in [0.1, 0.15) is 5.03 Å². The minimum atomic E-state index is 0.212. The summed E-state index contributed by atoms with van der Waals surface area (Å²) in [4.78, 5) is 9.15. The molecule has 0 radical (unpaired) electrons. The lowest BCUT2D eigenvalue weighted by Gasteiger charge is -2.04. The quantitative estimate of drug-likeness (QED) is 0.883. The molecule has 0 atom stereocenters. The van der Waals surface area contributed by atoms with Crippen molar-refractivity contribution in [2.75, 3.05) is 12.8 Å². The molecule has 0 fully saturated rings. The van der Waals surface area contributed by atoms with Crippen LogP contribution in [0.3, 0.4) is 0 Å². The zero-order chi connectivity index (χ0) is 12.3. The van der Waals surface area contributed by atoms with Crippen LogP contribution in [0.5, 0.6) is 5.88 Å². The Morgan fingerprint density at radius 1 is 1.24 bits per heavy atom. The van der Waals surface area contributed by atoms with E-state index in [1.807, 2.05) is 24.3 Å². The maximum absolute atomic E-state index is 5.59. The number of anilines is 1. The third-order valence-electron chi connectivity index (χ3n) is 1.94. The molecule has 2 rings (SSSR count). The number of nitrogen functional groups attached to an aromatic ring is 1. The van der Waals surface area contributed by atoms with E-state index in [2.05, 4.69) is 25.9 Å². The molecule has 0 aliphatic carbocycles. The predicted molar refractivity (Wildman–Crippen MR) is 71.3 cm³/mol. The third-order valence-corrected chi connectivity index (χ3v) is 3.40. The fourth-order valence-electron chi connectivity index (χ4n) is 1.20. The summed E-state index contributed by atoms with van der Waals surface area (Å²) in [6.45, 7) is 0. The first kappa shape index (κ1) is 12.2. The van der Waals surface area contributed by atoms with E-state index in [9.17, 15) is 0 Å². The Morgan fingerprint density at radius 3 is 2.59 bits per heavy atom. The summed E-state index contributed by atoms with van der Waals surface area (Å²) >= 11 is 4.90. The molecule has 6 heteroatoms. The molecule has 88 valence electrons. The summed E-state index contributed by atoms with van der Waals surface area (Å²) < 4.78 is 6.08. The number of hydrogen-bond acceptors (Lipinski definition) is 5. The molecule has 0 saturated carbocycles. The van der Waals surface area contributed by atoms with E-state index in [-0.39, 0.29) is 5.95 Å². The van der Waals surface area contributed by atoms with Crippen molar-refractivity contribution >= 4 is 33.6 Å². The first-order valence-corrected chi connectivity index (χ1v) is 6.40. The first-order valence-electron chi connectivity index (χ1n) is 4.79. The van der Waals surface area contributed by atoms with Crippen LogP contribution >= 0.6 is 27.7 Å². The van der Waals surface area contributed by atoms with E-state index in [1.54, 1.807) is 13.2 Å². The highest BCUT2D eigenvalue weighted by atomic mass is 79.9. The normalized spacial score (nSPS) is 10.2. The van der Waals surface area contributed by atoms with Gasteiger partial charge in [-0.05, 0) is 24.3 Å². The van der Waals surface area contributed by atoms with Gasteiger partial charge in [-0.3, -0.25) is 0 Å².